The molecule has 0 aromatic heterocycles. The lowest BCUT2D eigenvalue weighted by Crippen LogP contribution is -2.40. The van der Waals surface area contributed by atoms with E-state index in [0.29, 0.717) is 16.1 Å². The number of hydrogen-bond donors (Lipinski definition) is 2. The third-order valence-corrected chi connectivity index (χ3v) is 6.03. The largest absolute Gasteiger partial charge is 0.353 e. The number of amides is 1. The van der Waals surface area contributed by atoms with Crippen molar-refractivity contribution in [1.29, 1.82) is 0 Å². The Balaban J connectivity index is 2.26. The second kappa shape index (κ2) is 9.86. The maximum atomic E-state index is 13.3. The molecule has 2 aromatic carbocycles. The Labute approximate surface area is 158 Å². The molecule has 140 valence electrons. The van der Waals surface area contributed by atoms with E-state index in [1.54, 1.807) is 62.4 Å². The van der Waals surface area contributed by atoms with Crippen molar-refractivity contribution >= 4 is 25.1 Å². The minimum atomic E-state index is -3.58. The third kappa shape index (κ3) is 5.40. The van der Waals surface area contributed by atoms with Gasteiger partial charge in [0.25, 0.3) is 5.91 Å². The van der Waals surface area contributed by atoms with Gasteiger partial charge < -0.3 is 9.05 Å². The van der Waals surface area contributed by atoms with Gasteiger partial charge in [-0.1, -0.05) is 41.9 Å². The number of hydrazine groups is 1. The van der Waals surface area contributed by atoms with Gasteiger partial charge in [-0.15, -0.1) is 0 Å². The first-order valence-corrected chi connectivity index (χ1v) is 10.2. The van der Waals surface area contributed by atoms with E-state index >= 15 is 0 Å². The van der Waals surface area contributed by atoms with E-state index in [1.165, 1.54) is 0 Å². The summed E-state index contributed by atoms with van der Waals surface area (Å²) >= 11 is 5.94. The Morgan fingerprint density at radius 2 is 1.62 bits per heavy atom. The molecule has 8 heteroatoms. The van der Waals surface area contributed by atoms with E-state index in [4.69, 9.17) is 20.6 Å². The molecule has 0 aliphatic rings. The van der Waals surface area contributed by atoms with Crippen molar-refractivity contribution in [3.8, 4) is 0 Å². The molecular weight excluding hydrogens is 375 g/mol. The van der Waals surface area contributed by atoms with Gasteiger partial charge in [0.1, 0.15) is 0 Å². The zero-order valence-electron chi connectivity index (χ0n) is 14.6. The molecule has 2 aromatic rings. The number of nitrogens with one attached hydrogen (secondary N) is 2. The Bertz CT molecular complexity index is 746. The average Bonchev–Trinajstić information content (AvgIpc) is 2.64. The van der Waals surface area contributed by atoms with Crippen molar-refractivity contribution in [1.82, 2.24) is 10.9 Å². The van der Waals surface area contributed by atoms with E-state index < -0.39 is 13.4 Å². The van der Waals surface area contributed by atoms with Crippen LogP contribution in [0.25, 0.3) is 0 Å². The molecule has 0 aliphatic heterocycles. The highest BCUT2D eigenvalue weighted by Crippen LogP contribution is 2.59. The number of halogens is 1. The lowest BCUT2D eigenvalue weighted by Gasteiger charge is -2.27. The molecule has 1 amide bonds. The van der Waals surface area contributed by atoms with Crippen LogP contribution in [0.1, 0.15) is 35.6 Å². The predicted molar refractivity (Wildman–Crippen MR) is 102 cm³/mol. The first-order chi connectivity index (χ1) is 12.5. The maximum Gasteiger partial charge on any atom is 0.353 e. The summed E-state index contributed by atoms with van der Waals surface area (Å²) in [5.41, 5.74) is 6.48. The van der Waals surface area contributed by atoms with Gasteiger partial charge in [0.05, 0.1) is 13.2 Å². The van der Waals surface area contributed by atoms with Crippen molar-refractivity contribution in [2.24, 2.45) is 0 Å². The van der Waals surface area contributed by atoms with Crippen LogP contribution < -0.4 is 10.9 Å². The highest BCUT2D eigenvalue weighted by Gasteiger charge is 2.37. The number of benzene rings is 2. The van der Waals surface area contributed by atoms with E-state index in [0.717, 1.165) is 0 Å². The molecular formula is C18H22ClN2O4P. The molecule has 0 heterocycles. The first-order valence-electron chi connectivity index (χ1n) is 8.25. The summed E-state index contributed by atoms with van der Waals surface area (Å²) in [4.78, 5) is 12.3. The summed E-state index contributed by atoms with van der Waals surface area (Å²) in [6, 6.07) is 15.5. The van der Waals surface area contributed by atoms with Gasteiger partial charge in [-0.05, 0) is 43.7 Å². The van der Waals surface area contributed by atoms with Crippen molar-refractivity contribution in [2.45, 2.75) is 19.6 Å². The second-order valence-electron chi connectivity index (χ2n) is 5.29. The monoisotopic (exact) mass is 396 g/mol. The minimum absolute atomic E-state index is 0.204. The van der Waals surface area contributed by atoms with Crippen LogP contribution in [0.2, 0.25) is 5.02 Å². The molecule has 2 N–H and O–H groups in total. The van der Waals surface area contributed by atoms with Gasteiger partial charge in [0.15, 0.2) is 5.78 Å². The minimum Gasteiger partial charge on any atom is -0.307 e. The fourth-order valence-corrected chi connectivity index (χ4v) is 4.31. The van der Waals surface area contributed by atoms with Gasteiger partial charge in [-0.3, -0.25) is 14.8 Å². The van der Waals surface area contributed by atoms with Crippen LogP contribution in [0.4, 0.5) is 0 Å². The topological polar surface area (TPSA) is 76.7 Å². The lowest BCUT2D eigenvalue weighted by molar-refractivity contribution is 0.0927. The van der Waals surface area contributed by atoms with Crippen molar-refractivity contribution in [3.05, 3.63) is 70.7 Å². The van der Waals surface area contributed by atoms with Crippen LogP contribution in [0.15, 0.2) is 54.6 Å². The van der Waals surface area contributed by atoms with E-state index in [-0.39, 0.29) is 19.1 Å². The fourth-order valence-electron chi connectivity index (χ4n) is 2.33. The molecule has 0 saturated heterocycles. The summed E-state index contributed by atoms with van der Waals surface area (Å²) in [6.45, 7) is 3.87. The van der Waals surface area contributed by atoms with Crippen LogP contribution >= 0.6 is 19.2 Å². The molecule has 6 nitrogen and oxygen atoms in total. The maximum absolute atomic E-state index is 13.3. The van der Waals surface area contributed by atoms with Crippen molar-refractivity contribution in [2.75, 3.05) is 13.2 Å². The normalized spacial score (nSPS) is 12.6. The number of carbonyl (C=O) groups excluding carboxylic acids is 1. The Morgan fingerprint density at radius 3 is 2.15 bits per heavy atom. The van der Waals surface area contributed by atoms with E-state index in [2.05, 4.69) is 10.9 Å². The van der Waals surface area contributed by atoms with E-state index in [9.17, 15) is 9.36 Å². The van der Waals surface area contributed by atoms with Crippen molar-refractivity contribution in [3.63, 3.8) is 0 Å². The summed E-state index contributed by atoms with van der Waals surface area (Å²) in [7, 11) is -3.58. The molecule has 2 rings (SSSR count). The molecule has 1 atom stereocenters. The lowest BCUT2D eigenvalue weighted by atomic mass is 10.2. The van der Waals surface area contributed by atoms with Gasteiger partial charge in [-0.25, -0.2) is 5.43 Å². The molecule has 0 fully saturated rings. The molecule has 0 aliphatic carbocycles. The molecule has 26 heavy (non-hydrogen) atoms. The van der Waals surface area contributed by atoms with Crippen LogP contribution in [0, 0.1) is 0 Å². The highest BCUT2D eigenvalue weighted by atomic mass is 35.5. The van der Waals surface area contributed by atoms with Gasteiger partial charge in [0.2, 0.25) is 0 Å². The summed E-state index contributed by atoms with van der Waals surface area (Å²) in [5, 5.41) is 0.545. The summed E-state index contributed by atoms with van der Waals surface area (Å²) in [5.74, 6) is -1.24. The van der Waals surface area contributed by atoms with Gasteiger partial charge >= 0.3 is 7.60 Å². The van der Waals surface area contributed by atoms with Gasteiger partial charge in [0, 0.05) is 10.6 Å². The number of carbonyl (C=O) groups is 1. The zero-order valence-corrected chi connectivity index (χ0v) is 16.3. The van der Waals surface area contributed by atoms with Crippen LogP contribution in [-0.4, -0.2) is 19.1 Å². The third-order valence-electron chi connectivity index (χ3n) is 3.48. The Morgan fingerprint density at radius 1 is 1.04 bits per heavy atom. The van der Waals surface area contributed by atoms with E-state index in [1.807, 2.05) is 6.07 Å². The molecule has 0 radical (unpaired) electrons. The SMILES string of the molecule is CCOP(=O)(OCC)C(NNC(=O)c1ccccc1)c1ccc(Cl)cc1. The van der Waals surface area contributed by atoms with Gasteiger partial charge in [-0.2, -0.15) is 0 Å². The Kier molecular flexibility index (Phi) is 7.82. The second-order valence-corrected chi connectivity index (χ2v) is 7.84. The number of hydrogen-bond acceptors (Lipinski definition) is 5. The van der Waals surface area contributed by atoms with Crippen LogP contribution in [0.5, 0.6) is 0 Å². The van der Waals surface area contributed by atoms with Crippen LogP contribution in [-0.2, 0) is 13.6 Å². The standard InChI is InChI=1S/C18H22ClN2O4P/c1-3-24-26(23,25-4-2)18(15-10-12-16(19)13-11-15)21-20-17(22)14-8-6-5-7-9-14/h5-13,18,21H,3-4H2,1-2H3,(H,20,22). The quantitative estimate of drug-likeness (QED) is 0.480. The fraction of sp³-hybridized carbons (Fsp3) is 0.278. The molecule has 1 unspecified atom stereocenters. The summed E-state index contributed by atoms with van der Waals surface area (Å²) < 4.78 is 24.1. The molecule has 0 bridgehead atoms. The average molecular weight is 397 g/mol. The van der Waals surface area contributed by atoms with Crippen molar-refractivity contribution < 1.29 is 18.4 Å². The van der Waals surface area contributed by atoms with Crippen LogP contribution in [0.3, 0.4) is 0 Å². The smallest absolute Gasteiger partial charge is 0.307 e. The first kappa shape index (κ1) is 20.6. The molecule has 0 spiro atoms. The highest BCUT2D eigenvalue weighted by molar-refractivity contribution is 7.54. The predicted octanol–water partition coefficient (Wildman–Crippen LogP) is 4.54. The zero-order chi connectivity index (χ0) is 19.0. The summed E-state index contributed by atoms with van der Waals surface area (Å²) in [6.07, 6.45) is 0. The molecule has 0 saturated carbocycles. The Hall–Kier alpha value is -1.69. The number of rotatable bonds is 9.